The van der Waals surface area contributed by atoms with Gasteiger partial charge in [-0.15, -0.1) is 0 Å². The van der Waals surface area contributed by atoms with Crippen LogP contribution in [-0.4, -0.2) is 71.2 Å². The molecule has 0 aliphatic heterocycles. The third-order valence-electron chi connectivity index (χ3n) is 5.23. The molecule has 0 aliphatic rings. The third kappa shape index (κ3) is 12.1. The van der Waals surface area contributed by atoms with Gasteiger partial charge in [0, 0.05) is 12.3 Å². The fourth-order valence-electron chi connectivity index (χ4n) is 3.07. The van der Waals surface area contributed by atoms with Gasteiger partial charge in [-0.2, -0.15) is 12.6 Å². The van der Waals surface area contributed by atoms with Crippen molar-refractivity contribution in [2.75, 3.05) is 12.3 Å². The van der Waals surface area contributed by atoms with E-state index in [0.717, 1.165) is 0 Å². The van der Waals surface area contributed by atoms with E-state index in [0.29, 0.717) is 19.3 Å². The number of amides is 3. The molecule has 12 nitrogen and oxygen atoms in total. The highest BCUT2D eigenvalue weighted by molar-refractivity contribution is 7.80. The monoisotopic (exact) mass is 503 g/mol. The Morgan fingerprint density at radius 3 is 2.03 bits per heavy atom. The van der Waals surface area contributed by atoms with Crippen LogP contribution in [0.15, 0.2) is 4.99 Å². The number of carboxylic acid groups (broad SMARTS) is 1. The van der Waals surface area contributed by atoms with Crippen molar-refractivity contribution < 1.29 is 24.3 Å². The minimum atomic E-state index is -1.23. The predicted octanol–water partition coefficient (Wildman–Crippen LogP) is -1.07. The Labute approximate surface area is 206 Å². The van der Waals surface area contributed by atoms with Crippen molar-refractivity contribution >= 4 is 42.3 Å². The van der Waals surface area contributed by atoms with Gasteiger partial charge in [0.05, 0.1) is 6.04 Å². The number of hydrogen-bond acceptors (Lipinski definition) is 7. The fraction of sp³-hybridized carbons (Fsp3) is 0.762. The first kappa shape index (κ1) is 31.5. The Balaban J connectivity index is 5.23. The first-order valence-electron chi connectivity index (χ1n) is 11.4. The van der Waals surface area contributed by atoms with E-state index >= 15 is 0 Å². The largest absolute Gasteiger partial charge is 0.480 e. The quantitative estimate of drug-likeness (QED) is 0.0560. The van der Waals surface area contributed by atoms with Crippen molar-refractivity contribution in [1.29, 1.82) is 0 Å². The van der Waals surface area contributed by atoms with Gasteiger partial charge in [-0.1, -0.05) is 34.1 Å². The van der Waals surface area contributed by atoms with Crippen LogP contribution in [0, 0.1) is 11.8 Å². The highest BCUT2D eigenvalue weighted by Crippen LogP contribution is 2.11. The molecule has 0 aromatic heterocycles. The second-order valence-corrected chi connectivity index (χ2v) is 9.06. The summed E-state index contributed by atoms with van der Waals surface area (Å²) in [6, 6.07) is -3.98. The number of nitrogens with two attached hydrogens (primary N) is 3. The lowest BCUT2D eigenvalue weighted by molar-refractivity contribution is -0.142. The van der Waals surface area contributed by atoms with E-state index in [1.807, 2.05) is 20.8 Å². The summed E-state index contributed by atoms with van der Waals surface area (Å²) in [6.07, 6.45) is 1.46. The van der Waals surface area contributed by atoms with E-state index < -0.39 is 47.9 Å². The molecule has 0 rings (SSSR count). The van der Waals surface area contributed by atoms with Crippen LogP contribution in [0.3, 0.4) is 0 Å². The summed E-state index contributed by atoms with van der Waals surface area (Å²) in [5.74, 6) is -3.18. The van der Waals surface area contributed by atoms with Crippen LogP contribution >= 0.6 is 12.6 Å². The Kier molecular flexibility index (Phi) is 14.9. The molecule has 0 spiro atoms. The summed E-state index contributed by atoms with van der Waals surface area (Å²) in [7, 11) is 0. The second-order valence-electron chi connectivity index (χ2n) is 8.70. The number of nitrogens with zero attached hydrogens (tertiary/aromatic N) is 1. The lowest BCUT2D eigenvalue weighted by atomic mass is 9.96. The third-order valence-corrected chi connectivity index (χ3v) is 5.60. The first-order chi connectivity index (χ1) is 15.8. The van der Waals surface area contributed by atoms with E-state index in [9.17, 15) is 24.3 Å². The maximum Gasteiger partial charge on any atom is 0.326 e. The number of carbonyl (C=O) groups excluding carboxylic acids is 3. The molecular weight excluding hydrogens is 462 g/mol. The van der Waals surface area contributed by atoms with Crippen molar-refractivity contribution in [1.82, 2.24) is 16.0 Å². The molecule has 10 N–H and O–H groups in total. The van der Waals surface area contributed by atoms with Gasteiger partial charge in [-0.3, -0.25) is 19.4 Å². The molecule has 0 fully saturated rings. The Morgan fingerprint density at radius 1 is 0.971 bits per heavy atom. The highest BCUT2D eigenvalue weighted by atomic mass is 32.1. The van der Waals surface area contributed by atoms with Gasteiger partial charge in [-0.25, -0.2) is 4.79 Å². The van der Waals surface area contributed by atoms with Gasteiger partial charge in [0.2, 0.25) is 17.7 Å². The number of aliphatic imine (C=N–C) groups is 1. The van der Waals surface area contributed by atoms with Gasteiger partial charge in [-0.05, 0) is 31.1 Å². The number of carbonyl (C=O) groups is 4. The summed E-state index contributed by atoms with van der Waals surface area (Å²) >= 11 is 4.12. The van der Waals surface area contributed by atoms with Gasteiger partial charge in [0.1, 0.15) is 18.1 Å². The predicted molar refractivity (Wildman–Crippen MR) is 134 cm³/mol. The molecule has 0 radical (unpaired) electrons. The van der Waals surface area contributed by atoms with Gasteiger partial charge in [0.25, 0.3) is 0 Å². The normalized spacial score (nSPS) is 15.4. The molecule has 0 saturated heterocycles. The molecule has 3 amide bonds. The zero-order chi connectivity index (χ0) is 26.4. The maximum atomic E-state index is 13.0. The second kappa shape index (κ2) is 16.1. The van der Waals surface area contributed by atoms with Crippen molar-refractivity contribution in [3.63, 3.8) is 0 Å². The van der Waals surface area contributed by atoms with Crippen molar-refractivity contribution in [2.24, 2.45) is 34.0 Å². The summed E-state index contributed by atoms with van der Waals surface area (Å²) in [5.41, 5.74) is 16.4. The number of hydrogen-bond donors (Lipinski definition) is 8. The van der Waals surface area contributed by atoms with Gasteiger partial charge < -0.3 is 38.3 Å². The topological polar surface area (TPSA) is 215 Å². The molecular formula is C21H41N7O5S. The molecule has 0 bridgehead atoms. The standard InChI is InChI=1S/C21H41N7O5S/c1-5-12(4)16(28-17(29)13(22)9-11(2)3)19(31)27-15(10-34)18(30)26-14(20(32)33)7-6-8-25-21(23)24/h11-16,34H,5-10,22H2,1-4H3,(H,26,30)(H,27,31)(H,28,29)(H,32,33)(H4,23,24,25). The van der Waals surface area contributed by atoms with E-state index in [2.05, 4.69) is 33.6 Å². The molecule has 0 heterocycles. The zero-order valence-electron chi connectivity index (χ0n) is 20.4. The lowest BCUT2D eigenvalue weighted by Crippen LogP contribution is -2.59. The van der Waals surface area contributed by atoms with Crippen LogP contribution in [0.5, 0.6) is 0 Å². The number of thiol groups is 1. The van der Waals surface area contributed by atoms with Crippen LogP contribution in [0.2, 0.25) is 0 Å². The first-order valence-corrected chi connectivity index (χ1v) is 12.0. The SMILES string of the molecule is CCC(C)C(NC(=O)C(N)CC(C)C)C(=O)NC(CS)C(=O)NC(CCCN=C(N)N)C(=O)O. The molecule has 34 heavy (non-hydrogen) atoms. The molecule has 5 atom stereocenters. The van der Waals surface area contributed by atoms with E-state index in [4.69, 9.17) is 17.2 Å². The highest BCUT2D eigenvalue weighted by Gasteiger charge is 2.32. The fourth-order valence-corrected chi connectivity index (χ4v) is 3.32. The number of aliphatic carboxylic acids is 1. The Hall–Kier alpha value is -2.54. The van der Waals surface area contributed by atoms with Crippen LogP contribution in [0.1, 0.15) is 53.4 Å². The van der Waals surface area contributed by atoms with E-state index in [1.165, 1.54) is 0 Å². The van der Waals surface area contributed by atoms with Crippen molar-refractivity contribution in [2.45, 2.75) is 77.5 Å². The number of carboxylic acids is 1. The molecule has 0 aliphatic carbocycles. The van der Waals surface area contributed by atoms with E-state index in [-0.39, 0.29) is 36.5 Å². The average molecular weight is 504 g/mol. The molecule has 0 aromatic carbocycles. The van der Waals surface area contributed by atoms with Crippen molar-refractivity contribution in [3.05, 3.63) is 0 Å². The van der Waals surface area contributed by atoms with Crippen LogP contribution in [-0.2, 0) is 19.2 Å². The number of guanidine groups is 1. The van der Waals surface area contributed by atoms with Gasteiger partial charge in [0.15, 0.2) is 5.96 Å². The van der Waals surface area contributed by atoms with Crippen LogP contribution in [0.25, 0.3) is 0 Å². The summed E-state index contributed by atoms with van der Waals surface area (Å²) < 4.78 is 0. The summed E-state index contributed by atoms with van der Waals surface area (Å²) in [5, 5.41) is 17.1. The molecule has 5 unspecified atom stereocenters. The van der Waals surface area contributed by atoms with Gasteiger partial charge >= 0.3 is 5.97 Å². The number of rotatable bonds is 16. The van der Waals surface area contributed by atoms with E-state index in [1.54, 1.807) is 6.92 Å². The summed E-state index contributed by atoms with van der Waals surface area (Å²) in [6.45, 7) is 7.75. The maximum absolute atomic E-state index is 13.0. The molecule has 196 valence electrons. The van der Waals surface area contributed by atoms with Crippen molar-refractivity contribution in [3.8, 4) is 0 Å². The minimum absolute atomic E-state index is 0.0774. The van der Waals surface area contributed by atoms with Crippen LogP contribution in [0.4, 0.5) is 0 Å². The Bertz CT molecular complexity index is 716. The summed E-state index contributed by atoms with van der Waals surface area (Å²) in [4.78, 5) is 53.4. The number of nitrogens with one attached hydrogen (secondary N) is 3. The Morgan fingerprint density at radius 2 is 1.56 bits per heavy atom. The van der Waals surface area contributed by atoms with Crippen LogP contribution < -0.4 is 33.2 Å². The molecule has 0 aromatic rings. The smallest absolute Gasteiger partial charge is 0.326 e. The zero-order valence-corrected chi connectivity index (χ0v) is 21.3. The average Bonchev–Trinajstić information content (AvgIpc) is 2.75. The minimum Gasteiger partial charge on any atom is -0.480 e. The lowest BCUT2D eigenvalue weighted by Gasteiger charge is -2.27. The molecule has 13 heteroatoms. The molecule has 0 saturated carbocycles.